The summed E-state index contributed by atoms with van der Waals surface area (Å²) in [7, 11) is 0. The molecular formula is C13H24N2OS. The second-order valence-corrected chi connectivity index (χ2v) is 6.36. The lowest BCUT2D eigenvalue weighted by atomic mass is 9.95. The monoisotopic (exact) mass is 256 g/mol. The number of nitrogens with one attached hydrogen (secondary N) is 1. The number of rotatable bonds is 7. The molecule has 0 aliphatic heterocycles. The number of aliphatic hydroxyl groups is 1. The van der Waals surface area contributed by atoms with Crippen LogP contribution in [0.5, 0.6) is 0 Å². The van der Waals surface area contributed by atoms with Gasteiger partial charge in [0.2, 0.25) is 0 Å². The van der Waals surface area contributed by atoms with Crippen molar-refractivity contribution in [3.8, 4) is 0 Å². The number of thiazole rings is 1. The van der Waals surface area contributed by atoms with Gasteiger partial charge in [-0.05, 0) is 32.6 Å². The van der Waals surface area contributed by atoms with Crippen molar-refractivity contribution in [2.75, 3.05) is 6.54 Å². The van der Waals surface area contributed by atoms with Gasteiger partial charge in [0.15, 0.2) is 0 Å². The van der Waals surface area contributed by atoms with Crippen molar-refractivity contribution in [1.29, 1.82) is 0 Å². The maximum atomic E-state index is 10.2. The van der Waals surface area contributed by atoms with Crippen molar-refractivity contribution in [1.82, 2.24) is 10.3 Å². The first-order valence-electron chi connectivity index (χ1n) is 6.23. The van der Waals surface area contributed by atoms with Crippen molar-refractivity contribution >= 4 is 11.3 Å². The fraction of sp³-hybridized carbons (Fsp3) is 0.769. The van der Waals surface area contributed by atoms with Crippen LogP contribution in [-0.4, -0.2) is 22.2 Å². The highest BCUT2D eigenvalue weighted by Gasteiger charge is 2.19. The maximum Gasteiger partial charge on any atom is 0.107 e. The fourth-order valence-electron chi connectivity index (χ4n) is 1.61. The van der Waals surface area contributed by atoms with E-state index in [0.29, 0.717) is 12.5 Å². The second-order valence-electron chi connectivity index (χ2n) is 5.42. The number of hydrogen-bond donors (Lipinski definition) is 2. The first-order valence-corrected chi connectivity index (χ1v) is 7.11. The van der Waals surface area contributed by atoms with Crippen molar-refractivity contribution in [3.05, 3.63) is 16.1 Å². The van der Waals surface area contributed by atoms with Gasteiger partial charge in [-0.3, -0.25) is 0 Å². The van der Waals surface area contributed by atoms with Crippen molar-refractivity contribution in [2.45, 2.75) is 52.7 Å². The van der Waals surface area contributed by atoms with Crippen molar-refractivity contribution in [3.63, 3.8) is 0 Å². The Bertz CT molecular complexity index is 334. The minimum Gasteiger partial charge on any atom is -0.389 e. The Morgan fingerprint density at radius 1 is 1.53 bits per heavy atom. The van der Waals surface area contributed by atoms with Crippen LogP contribution in [0.4, 0.5) is 0 Å². The highest BCUT2D eigenvalue weighted by molar-refractivity contribution is 7.09. The normalized spacial score (nSPS) is 15.2. The van der Waals surface area contributed by atoms with E-state index in [0.717, 1.165) is 30.1 Å². The first kappa shape index (κ1) is 14.6. The molecular weight excluding hydrogens is 232 g/mol. The van der Waals surface area contributed by atoms with E-state index >= 15 is 0 Å². The first-order chi connectivity index (χ1) is 7.89. The smallest absolute Gasteiger partial charge is 0.107 e. The molecule has 0 radical (unpaired) electrons. The molecule has 0 aliphatic rings. The SMILES string of the molecule is Cc1csc(CNCC(C)(O)CCC(C)C)n1. The summed E-state index contributed by atoms with van der Waals surface area (Å²) in [6, 6.07) is 0. The fourth-order valence-corrected chi connectivity index (χ4v) is 2.35. The maximum absolute atomic E-state index is 10.2. The van der Waals surface area contributed by atoms with E-state index in [9.17, 15) is 5.11 Å². The average Bonchev–Trinajstić information content (AvgIpc) is 2.61. The van der Waals surface area contributed by atoms with Crippen LogP contribution in [0.25, 0.3) is 0 Å². The molecule has 2 N–H and O–H groups in total. The number of aromatic nitrogens is 1. The lowest BCUT2D eigenvalue weighted by molar-refractivity contribution is 0.0451. The molecule has 17 heavy (non-hydrogen) atoms. The molecule has 0 saturated heterocycles. The summed E-state index contributed by atoms with van der Waals surface area (Å²) in [5.74, 6) is 0.642. The summed E-state index contributed by atoms with van der Waals surface area (Å²) in [6.07, 6.45) is 1.90. The molecule has 0 bridgehead atoms. The van der Waals surface area contributed by atoms with Crippen LogP contribution in [0.2, 0.25) is 0 Å². The van der Waals surface area contributed by atoms with Gasteiger partial charge in [0.05, 0.1) is 5.60 Å². The molecule has 1 atom stereocenters. The number of aryl methyl sites for hydroxylation is 1. The second kappa shape index (κ2) is 6.47. The van der Waals surface area contributed by atoms with E-state index < -0.39 is 5.60 Å². The Morgan fingerprint density at radius 3 is 2.76 bits per heavy atom. The molecule has 1 rings (SSSR count). The van der Waals surface area contributed by atoms with Gasteiger partial charge in [-0.2, -0.15) is 0 Å². The lowest BCUT2D eigenvalue weighted by Gasteiger charge is -2.24. The van der Waals surface area contributed by atoms with Gasteiger partial charge < -0.3 is 10.4 Å². The predicted octanol–water partition coefficient (Wildman–Crippen LogP) is 2.73. The minimum atomic E-state index is -0.615. The third kappa shape index (κ3) is 6.15. The molecule has 0 spiro atoms. The third-order valence-corrected chi connectivity index (χ3v) is 3.68. The van der Waals surface area contributed by atoms with E-state index in [2.05, 4.69) is 24.1 Å². The van der Waals surface area contributed by atoms with Gasteiger partial charge in [0.1, 0.15) is 5.01 Å². The van der Waals surface area contributed by atoms with E-state index in [-0.39, 0.29) is 0 Å². The Hall–Kier alpha value is -0.450. The summed E-state index contributed by atoms with van der Waals surface area (Å²) in [4.78, 5) is 4.38. The van der Waals surface area contributed by atoms with Crippen LogP contribution < -0.4 is 5.32 Å². The Morgan fingerprint density at radius 2 is 2.24 bits per heavy atom. The average molecular weight is 256 g/mol. The highest BCUT2D eigenvalue weighted by Crippen LogP contribution is 2.16. The zero-order chi connectivity index (χ0) is 12.9. The summed E-state index contributed by atoms with van der Waals surface area (Å²) in [5, 5.41) is 16.6. The van der Waals surface area contributed by atoms with Gasteiger partial charge in [0.25, 0.3) is 0 Å². The van der Waals surface area contributed by atoms with Gasteiger partial charge in [-0.1, -0.05) is 13.8 Å². The van der Waals surface area contributed by atoms with Gasteiger partial charge in [-0.15, -0.1) is 11.3 Å². The molecule has 3 nitrogen and oxygen atoms in total. The van der Waals surface area contributed by atoms with Crippen molar-refractivity contribution < 1.29 is 5.11 Å². The Balaban J connectivity index is 2.25. The number of hydrogen-bond acceptors (Lipinski definition) is 4. The molecule has 1 heterocycles. The molecule has 0 aromatic carbocycles. The molecule has 0 amide bonds. The Kier molecular flexibility index (Phi) is 5.56. The van der Waals surface area contributed by atoms with E-state index in [1.807, 2.05) is 19.2 Å². The molecule has 4 heteroatoms. The third-order valence-electron chi connectivity index (χ3n) is 2.71. The van der Waals surface area contributed by atoms with E-state index in [1.165, 1.54) is 0 Å². The molecule has 0 fully saturated rings. The van der Waals surface area contributed by atoms with Crippen LogP contribution in [0.3, 0.4) is 0 Å². The summed E-state index contributed by atoms with van der Waals surface area (Å²) in [5.41, 5.74) is 0.453. The van der Waals surface area contributed by atoms with Crippen LogP contribution in [0.15, 0.2) is 5.38 Å². The van der Waals surface area contributed by atoms with Crippen LogP contribution in [0, 0.1) is 12.8 Å². The predicted molar refractivity (Wildman–Crippen MR) is 73.3 cm³/mol. The molecule has 1 aromatic heterocycles. The number of nitrogens with zero attached hydrogens (tertiary/aromatic N) is 1. The molecule has 98 valence electrons. The molecule has 1 aromatic rings. The largest absolute Gasteiger partial charge is 0.389 e. The standard InChI is InChI=1S/C13H24N2OS/c1-10(2)5-6-13(4,16)9-14-7-12-15-11(3)8-17-12/h8,10,14,16H,5-7,9H2,1-4H3. The van der Waals surface area contributed by atoms with Gasteiger partial charge in [-0.25, -0.2) is 4.98 Å². The topological polar surface area (TPSA) is 45.1 Å². The van der Waals surface area contributed by atoms with E-state index in [4.69, 9.17) is 0 Å². The van der Waals surface area contributed by atoms with Crippen molar-refractivity contribution in [2.24, 2.45) is 5.92 Å². The zero-order valence-electron chi connectivity index (χ0n) is 11.3. The van der Waals surface area contributed by atoms with Crippen LogP contribution >= 0.6 is 11.3 Å². The molecule has 1 unspecified atom stereocenters. The Labute approximate surface area is 108 Å². The minimum absolute atomic E-state index is 0.615. The molecule has 0 saturated carbocycles. The van der Waals surface area contributed by atoms with Gasteiger partial charge >= 0.3 is 0 Å². The lowest BCUT2D eigenvalue weighted by Crippen LogP contribution is -2.37. The quantitative estimate of drug-likeness (QED) is 0.788. The highest BCUT2D eigenvalue weighted by atomic mass is 32.1. The zero-order valence-corrected chi connectivity index (χ0v) is 12.1. The van der Waals surface area contributed by atoms with Gasteiger partial charge in [0, 0.05) is 24.2 Å². The summed E-state index contributed by atoms with van der Waals surface area (Å²) >= 11 is 1.66. The molecule has 0 aliphatic carbocycles. The summed E-state index contributed by atoms with van der Waals surface area (Å²) in [6.45, 7) is 9.63. The van der Waals surface area contributed by atoms with Crippen LogP contribution in [0.1, 0.15) is 44.3 Å². The van der Waals surface area contributed by atoms with Crippen LogP contribution in [-0.2, 0) is 6.54 Å². The van der Waals surface area contributed by atoms with E-state index in [1.54, 1.807) is 11.3 Å². The summed E-state index contributed by atoms with van der Waals surface area (Å²) < 4.78 is 0.